The first-order valence-electron chi connectivity index (χ1n) is 4.91. The number of hydrogen-bond donors (Lipinski definition) is 1. The SMILES string of the molecule is CCCCOCCn1nnnc1CN. The lowest BCUT2D eigenvalue weighted by atomic mass is 10.4. The second-order valence-corrected chi connectivity index (χ2v) is 2.99. The van der Waals surface area contributed by atoms with Crippen LogP contribution in [0.2, 0.25) is 0 Å². The number of hydrogen-bond acceptors (Lipinski definition) is 5. The van der Waals surface area contributed by atoms with E-state index in [0.717, 1.165) is 19.4 Å². The van der Waals surface area contributed by atoms with Gasteiger partial charge in [-0.25, -0.2) is 4.68 Å². The van der Waals surface area contributed by atoms with Gasteiger partial charge in [-0.1, -0.05) is 13.3 Å². The fourth-order valence-corrected chi connectivity index (χ4v) is 1.04. The van der Waals surface area contributed by atoms with Crippen LogP contribution in [0, 0.1) is 0 Å². The minimum absolute atomic E-state index is 0.363. The molecule has 1 heterocycles. The maximum atomic E-state index is 5.44. The Hall–Kier alpha value is -1.01. The summed E-state index contributed by atoms with van der Waals surface area (Å²) >= 11 is 0. The van der Waals surface area contributed by atoms with Gasteiger partial charge in [-0.15, -0.1) is 5.10 Å². The highest BCUT2D eigenvalue weighted by Gasteiger charge is 2.02. The first-order valence-corrected chi connectivity index (χ1v) is 4.91. The van der Waals surface area contributed by atoms with Crippen LogP contribution in [0.25, 0.3) is 0 Å². The minimum atomic E-state index is 0.363. The van der Waals surface area contributed by atoms with E-state index in [1.54, 1.807) is 4.68 Å². The van der Waals surface area contributed by atoms with Gasteiger partial charge in [0.15, 0.2) is 5.82 Å². The van der Waals surface area contributed by atoms with Gasteiger partial charge in [-0.2, -0.15) is 0 Å². The molecule has 0 aromatic carbocycles. The molecule has 0 saturated carbocycles. The third-order valence-corrected chi connectivity index (χ3v) is 1.88. The van der Waals surface area contributed by atoms with Crippen molar-refractivity contribution in [3.05, 3.63) is 5.82 Å². The molecule has 0 atom stereocenters. The van der Waals surface area contributed by atoms with E-state index in [4.69, 9.17) is 10.5 Å². The number of aromatic nitrogens is 4. The van der Waals surface area contributed by atoms with Crippen molar-refractivity contribution in [1.82, 2.24) is 20.2 Å². The highest BCUT2D eigenvalue weighted by Crippen LogP contribution is 1.92. The molecular formula is C8H17N5O. The number of ether oxygens (including phenoxy) is 1. The zero-order valence-corrected chi connectivity index (χ0v) is 8.52. The second-order valence-electron chi connectivity index (χ2n) is 2.99. The van der Waals surface area contributed by atoms with Crippen LogP contribution in [-0.4, -0.2) is 33.4 Å². The molecule has 1 aromatic rings. The molecule has 0 radical (unpaired) electrons. The Morgan fingerprint density at radius 1 is 1.43 bits per heavy atom. The van der Waals surface area contributed by atoms with Crippen molar-refractivity contribution in [2.75, 3.05) is 13.2 Å². The lowest BCUT2D eigenvalue weighted by molar-refractivity contribution is 0.120. The standard InChI is InChI=1S/C8H17N5O/c1-2-3-5-14-6-4-13-8(7-9)10-11-12-13/h2-7,9H2,1H3. The molecule has 6 heteroatoms. The van der Waals surface area contributed by atoms with E-state index in [1.165, 1.54) is 0 Å². The molecule has 6 nitrogen and oxygen atoms in total. The second kappa shape index (κ2) is 6.44. The van der Waals surface area contributed by atoms with Gasteiger partial charge in [0.25, 0.3) is 0 Å². The van der Waals surface area contributed by atoms with Gasteiger partial charge in [0.1, 0.15) is 0 Å². The molecule has 0 saturated heterocycles. The first-order chi connectivity index (χ1) is 6.88. The van der Waals surface area contributed by atoms with Crippen LogP contribution in [0.15, 0.2) is 0 Å². The number of nitrogens with zero attached hydrogens (tertiary/aromatic N) is 4. The van der Waals surface area contributed by atoms with Crippen LogP contribution in [0.3, 0.4) is 0 Å². The van der Waals surface area contributed by atoms with Gasteiger partial charge < -0.3 is 10.5 Å². The molecular weight excluding hydrogens is 182 g/mol. The van der Waals surface area contributed by atoms with E-state index < -0.39 is 0 Å². The fraction of sp³-hybridized carbons (Fsp3) is 0.875. The summed E-state index contributed by atoms with van der Waals surface area (Å²) in [5.74, 6) is 0.698. The molecule has 0 aliphatic heterocycles. The van der Waals surface area contributed by atoms with Gasteiger partial charge in [0, 0.05) is 6.61 Å². The van der Waals surface area contributed by atoms with Gasteiger partial charge in [-0.05, 0) is 16.8 Å². The topological polar surface area (TPSA) is 78.8 Å². The zero-order valence-electron chi connectivity index (χ0n) is 8.52. The highest BCUT2D eigenvalue weighted by molar-refractivity contribution is 4.77. The van der Waals surface area contributed by atoms with Gasteiger partial charge in [0.2, 0.25) is 0 Å². The van der Waals surface area contributed by atoms with E-state index in [1.807, 2.05) is 0 Å². The molecule has 80 valence electrons. The Morgan fingerprint density at radius 3 is 3.00 bits per heavy atom. The Bertz CT molecular complexity index is 250. The van der Waals surface area contributed by atoms with Crippen molar-refractivity contribution < 1.29 is 4.74 Å². The molecule has 1 rings (SSSR count). The molecule has 2 N–H and O–H groups in total. The zero-order chi connectivity index (χ0) is 10.2. The fourth-order valence-electron chi connectivity index (χ4n) is 1.04. The van der Waals surface area contributed by atoms with E-state index in [2.05, 4.69) is 22.4 Å². The third kappa shape index (κ3) is 3.39. The molecule has 0 amide bonds. The quantitative estimate of drug-likeness (QED) is 0.623. The van der Waals surface area contributed by atoms with Gasteiger partial charge in [-0.3, -0.25) is 0 Å². The lowest BCUT2D eigenvalue weighted by Crippen LogP contribution is -2.13. The van der Waals surface area contributed by atoms with Crippen LogP contribution >= 0.6 is 0 Å². The third-order valence-electron chi connectivity index (χ3n) is 1.88. The molecule has 0 aliphatic carbocycles. The van der Waals surface area contributed by atoms with Crippen LogP contribution in [0.1, 0.15) is 25.6 Å². The Balaban J connectivity index is 2.17. The average molecular weight is 199 g/mol. The molecule has 0 bridgehead atoms. The summed E-state index contributed by atoms with van der Waals surface area (Å²) in [4.78, 5) is 0. The first kappa shape index (κ1) is 11.1. The minimum Gasteiger partial charge on any atom is -0.380 e. The van der Waals surface area contributed by atoms with Crippen molar-refractivity contribution >= 4 is 0 Å². The number of unbranched alkanes of at least 4 members (excludes halogenated alkanes) is 1. The van der Waals surface area contributed by atoms with Crippen LogP contribution in [0.5, 0.6) is 0 Å². The predicted molar refractivity (Wildman–Crippen MR) is 51.4 cm³/mol. The normalized spacial score (nSPS) is 10.7. The van der Waals surface area contributed by atoms with E-state index in [9.17, 15) is 0 Å². The smallest absolute Gasteiger partial charge is 0.164 e. The summed E-state index contributed by atoms with van der Waals surface area (Å²) < 4.78 is 7.06. The predicted octanol–water partition coefficient (Wildman–Crippen LogP) is -0.0515. The van der Waals surface area contributed by atoms with Crippen LogP contribution < -0.4 is 5.73 Å². The molecule has 0 unspecified atom stereocenters. The average Bonchev–Trinajstić information content (AvgIpc) is 2.65. The molecule has 1 aromatic heterocycles. The van der Waals surface area contributed by atoms with Crippen molar-refractivity contribution in [2.45, 2.75) is 32.9 Å². The summed E-state index contributed by atoms with van der Waals surface area (Å²) in [7, 11) is 0. The van der Waals surface area contributed by atoms with Crippen molar-refractivity contribution in [2.24, 2.45) is 5.73 Å². The summed E-state index contributed by atoms with van der Waals surface area (Å²) in [5, 5.41) is 11.1. The van der Waals surface area contributed by atoms with E-state index in [-0.39, 0.29) is 0 Å². The van der Waals surface area contributed by atoms with E-state index in [0.29, 0.717) is 25.5 Å². The van der Waals surface area contributed by atoms with Crippen LogP contribution in [-0.2, 0) is 17.8 Å². The number of rotatable bonds is 7. The number of nitrogens with two attached hydrogens (primary N) is 1. The molecule has 0 fully saturated rings. The Kier molecular flexibility index (Phi) is 5.09. The van der Waals surface area contributed by atoms with Crippen molar-refractivity contribution in [3.63, 3.8) is 0 Å². The summed E-state index contributed by atoms with van der Waals surface area (Å²) in [6, 6.07) is 0. The number of tetrazole rings is 1. The van der Waals surface area contributed by atoms with Crippen molar-refractivity contribution in [3.8, 4) is 0 Å². The van der Waals surface area contributed by atoms with E-state index >= 15 is 0 Å². The molecule has 0 spiro atoms. The van der Waals surface area contributed by atoms with Crippen LogP contribution in [0.4, 0.5) is 0 Å². The van der Waals surface area contributed by atoms with Crippen molar-refractivity contribution in [1.29, 1.82) is 0 Å². The maximum absolute atomic E-state index is 5.44. The highest BCUT2D eigenvalue weighted by atomic mass is 16.5. The maximum Gasteiger partial charge on any atom is 0.164 e. The van der Waals surface area contributed by atoms with Gasteiger partial charge >= 0.3 is 0 Å². The monoisotopic (exact) mass is 199 g/mol. The summed E-state index contributed by atoms with van der Waals surface area (Å²) in [5.41, 5.74) is 5.44. The Labute approximate surface area is 83.4 Å². The lowest BCUT2D eigenvalue weighted by Gasteiger charge is -2.04. The Morgan fingerprint density at radius 2 is 2.29 bits per heavy atom. The largest absolute Gasteiger partial charge is 0.380 e. The van der Waals surface area contributed by atoms with Gasteiger partial charge in [0.05, 0.1) is 19.7 Å². The summed E-state index contributed by atoms with van der Waals surface area (Å²) in [6.07, 6.45) is 2.25. The molecule has 14 heavy (non-hydrogen) atoms. The molecule has 0 aliphatic rings. The summed E-state index contributed by atoms with van der Waals surface area (Å²) in [6.45, 7) is 4.61.